The molecule has 3 aliphatic heterocycles. The normalized spacial score (nSPS) is 21.9. The molecule has 0 radical (unpaired) electrons. The van der Waals surface area contributed by atoms with Crippen molar-refractivity contribution in [2.24, 2.45) is 0 Å². The summed E-state index contributed by atoms with van der Waals surface area (Å²) in [5.41, 5.74) is 1.84. The molecule has 1 unspecified atom stereocenters. The van der Waals surface area contributed by atoms with E-state index in [1.54, 1.807) is 29.3 Å². The second kappa shape index (κ2) is 9.58. The Morgan fingerprint density at radius 1 is 1.05 bits per heavy atom. The van der Waals surface area contributed by atoms with Gasteiger partial charge in [0, 0.05) is 43.5 Å². The van der Waals surface area contributed by atoms with Crippen molar-refractivity contribution < 1.29 is 28.7 Å². The van der Waals surface area contributed by atoms with E-state index in [9.17, 15) is 24.0 Å². The van der Waals surface area contributed by atoms with Crippen LogP contribution in [0.1, 0.15) is 70.8 Å². The van der Waals surface area contributed by atoms with Gasteiger partial charge in [0.1, 0.15) is 12.1 Å². The van der Waals surface area contributed by atoms with Crippen LogP contribution in [-0.2, 0) is 20.9 Å². The lowest BCUT2D eigenvalue weighted by Crippen LogP contribution is -2.54. The van der Waals surface area contributed by atoms with Crippen LogP contribution in [0.3, 0.4) is 0 Å². The molecule has 3 fully saturated rings. The molecule has 2 saturated heterocycles. The van der Waals surface area contributed by atoms with Crippen LogP contribution < -0.4 is 10.6 Å². The molecule has 0 spiro atoms. The van der Waals surface area contributed by atoms with Crippen LogP contribution in [0.5, 0.6) is 0 Å². The van der Waals surface area contributed by atoms with E-state index >= 15 is 0 Å². The number of likely N-dealkylation sites (tertiary alicyclic amines) is 1. The fraction of sp³-hybridized carbons (Fsp3) is 0.462. The third-order valence-electron chi connectivity index (χ3n) is 7.49. The van der Waals surface area contributed by atoms with Crippen molar-refractivity contribution in [3.63, 3.8) is 0 Å². The Labute approximate surface area is 218 Å². The smallest absolute Gasteiger partial charge is 0.410 e. The molecule has 4 aliphatic rings. The van der Waals surface area contributed by atoms with Crippen molar-refractivity contribution >= 4 is 35.4 Å². The molecule has 2 N–H and O–H groups in total. The molecule has 38 heavy (non-hydrogen) atoms. The average Bonchev–Trinajstić information content (AvgIpc) is 3.53. The van der Waals surface area contributed by atoms with Crippen molar-refractivity contribution in [3.8, 4) is 0 Å². The molecule has 1 atom stereocenters. The van der Waals surface area contributed by atoms with Gasteiger partial charge in [-0.15, -0.1) is 0 Å². The number of amides is 5. The van der Waals surface area contributed by atoms with E-state index in [0.29, 0.717) is 25.3 Å². The van der Waals surface area contributed by atoms with Gasteiger partial charge in [0.25, 0.3) is 11.8 Å². The van der Waals surface area contributed by atoms with Crippen molar-refractivity contribution in [3.05, 3.63) is 47.3 Å². The van der Waals surface area contributed by atoms with Crippen LogP contribution in [0.2, 0.25) is 0 Å². The van der Waals surface area contributed by atoms with Gasteiger partial charge in [-0.3, -0.25) is 34.1 Å². The highest BCUT2D eigenvalue weighted by atomic mass is 16.6. The number of hydrogen-bond donors (Lipinski definition) is 2. The Bertz CT molecular complexity index is 1330. The summed E-state index contributed by atoms with van der Waals surface area (Å²) in [5.74, 6) is -2.13. The maximum atomic E-state index is 13.3. The van der Waals surface area contributed by atoms with Gasteiger partial charge in [0.15, 0.2) is 0 Å². The van der Waals surface area contributed by atoms with Crippen LogP contribution in [0.15, 0.2) is 30.6 Å². The fourth-order valence-corrected chi connectivity index (χ4v) is 5.24. The first-order valence-corrected chi connectivity index (χ1v) is 13.0. The number of carbonyl (C=O) groups excluding carboxylic acids is 5. The lowest BCUT2D eigenvalue weighted by atomic mass is 10.0. The molecule has 198 valence electrons. The zero-order valence-electron chi connectivity index (χ0n) is 20.7. The average molecular weight is 521 g/mol. The molecule has 6 rings (SSSR count). The Hall–Kier alpha value is -4.22. The zero-order valence-corrected chi connectivity index (χ0v) is 20.7. The van der Waals surface area contributed by atoms with Crippen molar-refractivity contribution in [1.29, 1.82) is 0 Å². The summed E-state index contributed by atoms with van der Waals surface area (Å²) < 4.78 is 7.30. The van der Waals surface area contributed by atoms with Gasteiger partial charge in [0.2, 0.25) is 11.8 Å². The number of ether oxygens (including phenoxy) is 1. The molecule has 12 nitrogen and oxygen atoms in total. The number of nitrogens with one attached hydrogen (secondary N) is 2. The lowest BCUT2D eigenvalue weighted by Gasteiger charge is -2.31. The lowest BCUT2D eigenvalue weighted by molar-refractivity contribution is -0.136. The summed E-state index contributed by atoms with van der Waals surface area (Å²) in [7, 11) is 0. The van der Waals surface area contributed by atoms with Gasteiger partial charge in [-0.2, -0.15) is 5.10 Å². The molecule has 2 aromatic rings. The second-order valence-electron chi connectivity index (χ2n) is 10.2. The zero-order chi connectivity index (χ0) is 26.4. The van der Waals surface area contributed by atoms with Gasteiger partial charge in [-0.25, -0.2) is 4.79 Å². The van der Waals surface area contributed by atoms with Gasteiger partial charge >= 0.3 is 6.09 Å². The van der Waals surface area contributed by atoms with Gasteiger partial charge in [0.05, 0.1) is 23.4 Å². The van der Waals surface area contributed by atoms with E-state index in [2.05, 4.69) is 15.7 Å². The van der Waals surface area contributed by atoms with E-state index < -0.39 is 29.7 Å². The SMILES string of the molecule is O=C1CCC(N2C(=O)c3cccc(NCc4cnn(C5CCN(C(=O)OC6CC6)CC5)c4)c3C2=O)C(=O)N1. The van der Waals surface area contributed by atoms with E-state index in [0.717, 1.165) is 36.1 Å². The van der Waals surface area contributed by atoms with Crippen LogP contribution in [0.25, 0.3) is 0 Å². The Kier molecular flexibility index (Phi) is 6.09. The molecule has 1 aromatic heterocycles. The molecule has 0 bridgehead atoms. The number of aromatic nitrogens is 2. The van der Waals surface area contributed by atoms with Crippen LogP contribution in [-0.4, -0.2) is 74.5 Å². The fourth-order valence-electron chi connectivity index (χ4n) is 5.24. The predicted molar refractivity (Wildman–Crippen MR) is 132 cm³/mol. The first-order valence-electron chi connectivity index (χ1n) is 13.0. The van der Waals surface area contributed by atoms with Crippen molar-refractivity contribution in [2.75, 3.05) is 18.4 Å². The largest absolute Gasteiger partial charge is 0.446 e. The third-order valence-corrected chi connectivity index (χ3v) is 7.49. The number of anilines is 1. The summed E-state index contributed by atoms with van der Waals surface area (Å²) >= 11 is 0. The summed E-state index contributed by atoms with van der Waals surface area (Å²) in [6.45, 7) is 1.63. The second-order valence-corrected chi connectivity index (χ2v) is 10.2. The Morgan fingerprint density at radius 3 is 2.58 bits per heavy atom. The number of fused-ring (bicyclic) bond motifs is 1. The summed E-state index contributed by atoms with van der Waals surface area (Å²) in [4.78, 5) is 65.0. The van der Waals surface area contributed by atoms with E-state index in [4.69, 9.17) is 4.74 Å². The minimum absolute atomic E-state index is 0.0719. The van der Waals surface area contributed by atoms with E-state index in [1.807, 2.05) is 10.9 Å². The summed E-state index contributed by atoms with van der Waals surface area (Å²) in [6, 6.07) is 4.14. The van der Waals surface area contributed by atoms with Crippen LogP contribution >= 0.6 is 0 Å². The summed E-state index contributed by atoms with van der Waals surface area (Å²) in [6.07, 6.45) is 7.24. The standard InChI is InChI=1S/C26H28N6O6/c33-21-7-6-20(23(34)29-21)32-24(35)18-2-1-3-19(22(18)25(32)36)27-12-15-13-28-31(14-15)16-8-10-30(11-9-16)26(37)38-17-4-5-17/h1-3,13-14,16-17,20,27H,4-12H2,(H,29,33,34). The minimum Gasteiger partial charge on any atom is -0.446 e. The number of imide groups is 2. The predicted octanol–water partition coefficient (Wildman–Crippen LogP) is 1.83. The Morgan fingerprint density at radius 2 is 1.84 bits per heavy atom. The first-order chi connectivity index (χ1) is 18.4. The maximum absolute atomic E-state index is 13.3. The molecule has 12 heteroatoms. The van der Waals surface area contributed by atoms with E-state index in [1.165, 1.54) is 0 Å². The topological polar surface area (TPSA) is 143 Å². The van der Waals surface area contributed by atoms with Crippen molar-refractivity contribution in [2.45, 2.75) is 63.3 Å². The molecule has 1 saturated carbocycles. The number of hydrogen-bond acceptors (Lipinski definition) is 8. The molecule has 5 amide bonds. The molecular formula is C26H28N6O6. The first kappa shape index (κ1) is 24.1. The van der Waals surface area contributed by atoms with Crippen molar-refractivity contribution in [1.82, 2.24) is 24.9 Å². The molecule has 1 aliphatic carbocycles. The van der Waals surface area contributed by atoms with Crippen LogP contribution in [0, 0.1) is 0 Å². The number of rotatable bonds is 6. The minimum atomic E-state index is -1.01. The number of benzene rings is 1. The molecular weight excluding hydrogens is 492 g/mol. The van der Waals surface area contributed by atoms with Gasteiger partial charge in [-0.05, 0) is 44.2 Å². The number of nitrogens with zero attached hydrogens (tertiary/aromatic N) is 4. The van der Waals surface area contributed by atoms with E-state index in [-0.39, 0.29) is 42.2 Å². The number of piperidine rings is 2. The monoisotopic (exact) mass is 520 g/mol. The molecule has 4 heterocycles. The highest BCUT2D eigenvalue weighted by molar-refractivity contribution is 6.25. The maximum Gasteiger partial charge on any atom is 0.410 e. The highest BCUT2D eigenvalue weighted by Crippen LogP contribution is 2.33. The molecule has 1 aromatic carbocycles. The number of carbonyl (C=O) groups is 5. The van der Waals surface area contributed by atoms with Gasteiger partial charge < -0.3 is 15.0 Å². The van der Waals surface area contributed by atoms with Gasteiger partial charge in [-0.1, -0.05) is 6.07 Å². The third kappa shape index (κ3) is 4.50. The summed E-state index contributed by atoms with van der Waals surface area (Å²) in [5, 5.41) is 9.96. The quantitative estimate of drug-likeness (QED) is 0.550. The highest BCUT2D eigenvalue weighted by Gasteiger charge is 2.45. The Balaban J connectivity index is 1.09. The van der Waals surface area contributed by atoms with Crippen LogP contribution in [0.4, 0.5) is 10.5 Å².